The van der Waals surface area contributed by atoms with E-state index in [4.69, 9.17) is 4.74 Å². The number of carbonyl (C=O) groups excluding carboxylic acids is 2. The molecule has 4 rings (SSSR count). The van der Waals surface area contributed by atoms with E-state index in [2.05, 4.69) is 15.3 Å². The molecule has 2 amide bonds. The van der Waals surface area contributed by atoms with E-state index in [1.165, 1.54) is 11.8 Å². The van der Waals surface area contributed by atoms with Crippen molar-refractivity contribution in [3.8, 4) is 0 Å². The molecule has 2 N–H and O–H groups in total. The van der Waals surface area contributed by atoms with Gasteiger partial charge in [-0.3, -0.25) is 9.59 Å². The van der Waals surface area contributed by atoms with Crippen LogP contribution in [0.15, 0.2) is 48.5 Å². The monoisotopic (exact) mass is 424 g/mol. The number of nitrogens with one attached hydrogen (secondary N) is 2. The standard InChI is InChI=1S/C22H24N4O3S/c1-15(21-24-18-7-2-3-8-19(18)25-21)30-14-20(27)23-17-6-4-5-16(13-17)22(28)26-9-11-29-12-10-26/h2-8,13,15H,9-12,14H2,1H3,(H,23,27)(H,24,25). The van der Waals surface area contributed by atoms with Crippen LogP contribution < -0.4 is 5.32 Å². The molecule has 1 aliphatic rings. The first kappa shape index (κ1) is 20.4. The maximum Gasteiger partial charge on any atom is 0.254 e. The molecule has 8 heteroatoms. The molecule has 1 saturated heterocycles. The number of fused-ring (bicyclic) bond motifs is 1. The molecule has 1 aliphatic heterocycles. The first-order chi connectivity index (χ1) is 14.6. The fourth-order valence-corrected chi connectivity index (χ4v) is 4.06. The summed E-state index contributed by atoms with van der Waals surface area (Å²) in [5.74, 6) is 0.994. The number of carbonyl (C=O) groups is 2. The van der Waals surface area contributed by atoms with Gasteiger partial charge >= 0.3 is 0 Å². The number of H-pyrrole nitrogens is 1. The summed E-state index contributed by atoms with van der Waals surface area (Å²) < 4.78 is 5.30. The van der Waals surface area contributed by atoms with E-state index in [0.717, 1.165) is 16.9 Å². The summed E-state index contributed by atoms with van der Waals surface area (Å²) >= 11 is 1.51. The maximum atomic E-state index is 12.6. The molecule has 0 spiro atoms. The molecule has 1 fully saturated rings. The van der Waals surface area contributed by atoms with E-state index < -0.39 is 0 Å². The summed E-state index contributed by atoms with van der Waals surface area (Å²) in [6, 6.07) is 14.9. The lowest BCUT2D eigenvalue weighted by atomic mass is 10.1. The molecule has 1 unspecified atom stereocenters. The number of thioether (sulfide) groups is 1. The highest BCUT2D eigenvalue weighted by atomic mass is 32.2. The molecule has 2 aromatic carbocycles. The van der Waals surface area contributed by atoms with Crippen LogP contribution in [0.25, 0.3) is 11.0 Å². The first-order valence-electron chi connectivity index (χ1n) is 9.93. The number of aromatic nitrogens is 2. The topological polar surface area (TPSA) is 87.3 Å². The van der Waals surface area contributed by atoms with Crippen molar-refractivity contribution in [1.82, 2.24) is 14.9 Å². The van der Waals surface area contributed by atoms with Gasteiger partial charge in [-0.2, -0.15) is 0 Å². The molecule has 7 nitrogen and oxygen atoms in total. The Balaban J connectivity index is 1.33. The summed E-state index contributed by atoms with van der Waals surface area (Å²) in [7, 11) is 0. The minimum atomic E-state index is -0.112. The number of nitrogens with zero attached hydrogens (tertiary/aromatic N) is 2. The van der Waals surface area contributed by atoms with Crippen LogP contribution >= 0.6 is 11.8 Å². The van der Waals surface area contributed by atoms with E-state index in [0.29, 0.717) is 43.3 Å². The number of imidazole rings is 1. The number of morpholine rings is 1. The molecule has 1 aromatic heterocycles. The number of ether oxygens (including phenoxy) is 1. The Kier molecular flexibility index (Phi) is 6.35. The lowest BCUT2D eigenvalue weighted by molar-refractivity contribution is -0.113. The Hall–Kier alpha value is -2.84. The van der Waals surface area contributed by atoms with Gasteiger partial charge < -0.3 is 19.9 Å². The molecule has 1 atom stereocenters. The number of rotatable bonds is 6. The second-order valence-corrected chi connectivity index (χ2v) is 8.46. The Bertz CT molecular complexity index is 1010. The fraction of sp³-hybridized carbons (Fsp3) is 0.318. The third kappa shape index (κ3) is 4.83. The smallest absolute Gasteiger partial charge is 0.254 e. The van der Waals surface area contributed by atoms with Gasteiger partial charge in [0.2, 0.25) is 5.91 Å². The molecule has 156 valence electrons. The minimum Gasteiger partial charge on any atom is -0.378 e. The van der Waals surface area contributed by atoms with Crippen LogP contribution in [0.1, 0.15) is 28.4 Å². The highest BCUT2D eigenvalue weighted by Gasteiger charge is 2.19. The van der Waals surface area contributed by atoms with Gasteiger partial charge in [-0.1, -0.05) is 18.2 Å². The Morgan fingerprint density at radius 3 is 2.80 bits per heavy atom. The van der Waals surface area contributed by atoms with E-state index in [9.17, 15) is 9.59 Å². The number of amides is 2. The fourth-order valence-electron chi connectivity index (χ4n) is 3.32. The van der Waals surface area contributed by atoms with Crippen molar-refractivity contribution in [2.24, 2.45) is 0 Å². The average Bonchev–Trinajstić information content (AvgIpc) is 3.22. The average molecular weight is 425 g/mol. The van der Waals surface area contributed by atoms with Crippen LogP contribution in [0.4, 0.5) is 5.69 Å². The van der Waals surface area contributed by atoms with Crippen LogP contribution in [0.5, 0.6) is 0 Å². The van der Waals surface area contributed by atoms with Crippen molar-refractivity contribution in [3.05, 3.63) is 59.9 Å². The zero-order valence-electron chi connectivity index (χ0n) is 16.8. The summed E-state index contributed by atoms with van der Waals surface area (Å²) in [6.07, 6.45) is 0. The van der Waals surface area contributed by atoms with E-state index in [-0.39, 0.29) is 17.1 Å². The molecule has 3 aromatic rings. The minimum absolute atomic E-state index is 0.0396. The predicted molar refractivity (Wildman–Crippen MR) is 119 cm³/mol. The van der Waals surface area contributed by atoms with Crippen molar-refractivity contribution < 1.29 is 14.3 Å². The van der Waals surface area contributed by atoms with Gasteiger partial charge in [-0.15, -0.1) is 11.8 Å². The van der Waals surface area contributed by atoms with Crippen LogP contribution in [-0.4, -0.2) is 58.7 Å². The van der Waals surface area contributed by atoms with Gasteiger partial charge in [0.1, 0.15) is 5.82 Å². The molecular formula is C22H24N4O3S. The lowest BCUT2D eigenvalue weighted by Crippen LogP contribution is -2.40. The van der Waals surface area contributed by atoms with Gasteiger partial charge in [0, 0.05) is 24.3 Å². The Morgan fingerprint density at radius 1 is 1.20 bits per heavy atom. The van der Waals surface area contributed by atoms with Gasteiger partial charge in [-0.25, -0.2) is 4.98 Å². The van der Waals surface area contributed by atoms with Gasteiger partial charge in [-0.05, 0) is 37.3 Å². The van der Waals surface area contributed by atoms with Crippen molar-refractivity contribution in [2.75, 3.05) is 37.4 Å². The summed E-state index contributed by atoms with van der Waals surface area (Å²) in [5, 5.41) is 2.94. The largest absolute Gasteiger partial charge is 0.378 e. The zero-order chi connectivity index (χ0) is 20.9. The third-order valence-electron chi connectivity index (χ3n) is 4.95. The molecule has 0 saturated carbocycles. The number of anilines is 1. The molecule has 0 bridgehead atoms. The molecular weight excluding hydrogens is 400 g/mol. The van der Waals surface area contributed by atoms with Gasteiger partial charge in [0.25, 0.3) is 5.91 Å². The van der Waals surface area contributed by atoms with Gasteiger partial charge in [0.05, 0.1) is 35.2 Å². The van der Waals surface area contributed by atoms with Crippen LogP contribution in [-0.2, 0) is 9.53 Å². The van der Waals surface area contributed by atoms with Crippen molar-refractivity contribution in [2.45, 2.75) is 12.2 Å². The molecule has 2 heterocycles. The third-order valence-corrected chi connectivity index (χ3v) is 6.10. The van der Waals surface area contributed by atoms with Crippen molar-refractivity contribution >= 4 is 40.3 Å². The molecule has 30 heavy (non-hydrogen) atoms. The number of hydrogen-bond donors (Lipinski definition) is 2. The van der Waals surface area contributed by atoms with Crippen LogP contribution in [0.3, 0.4) is 0 Å². The van der Waals surface area contributed by atoms with Crippen molar-refractivity contribution in [3.63, 3.8) is 0 Å². The van der Waals surface area contributed by atoms with Crippen LogP contribution in [0, 0.1) is 0 Å². The van der Waals surface area contributed by atoms with E-state index >= 15 is 0 Å². The zero-order valence-corrected chi connectivity index (χ0v) is 17.6. The lowest BCUT2D eigenvalue weighted by Gasteiger charge is -2.27. The SMILES string of the molecule is CC(SCC(=O)Nc1cccc(C(=O)N2CCOCC2)c1)c1nc2ccccc2[nH]1. The van der Waals surface area contributed by atoms with Gasteiger partial charge in [0.15, 0.2) is 0 Å². The predicted octanol–water partition coefficient (Wildman–Crippen LogP) is 3.47. The number of benzene rings is 2. The maximum absolute atomic E-state index is 12.6. The summed E-state index contributed by atoms with van der Waals surface area (Å²) in [5.41, 5.74) is 3.10. The first-order valence-corrected chi connectivity index (χ1v) is 11.0. The normalized spacial score (nSPS) is 15.2. The second-order valence-electron chi connectivity index (χ2n) is 7.13. The number of hydrogen-bond acceptors (Lipinski definition) is 5. The highest BCUT2D eigenvalue weighted by molar-refractivity contribution is 8.00. The Labute approximate surface area is 179 Å². The number of para-hydroxylation sites is 2. The quantitative estimate of drug-likeness (QED) is 0.633. The number of aromatic amines is 1. The van der Waals surface area contributed by atoms with E-state index in [1.54, 1.807) is 29.2 Å². The molecule has 0 aliphatic carbocycles. The second kappa shape index (κ2) is 9.32. The van der Waals surface area contributed by atoms with E-state index in [1.807, 2.05) is 31.2 Å². The highest BCUT2D eigenvalue weighted by Crippen LogP contribution is 2.27. The Morgan fingerprint density at radius 2 is 2.00 bits per heavy atom. The summed E-state index contributed by atoms with van der Waals surface area (Å²) in [6.45, 7) is 4.32. The summed E-state index contributed by atoms with van der Waals surface area (Å²) in [4.78, 5) is 34.7. The van der Waals surface area contributed by atoms with Crippen LogP contribution in [0.2, 0.25) is 0 Å². The molecule has 0 radical (unpaired) electrons. The van der Waals surface area contributed by atoms with Crippen molar-refractivity contribution in [1.29, 1.82) is 0 Å².